The van der Waals surface area contributed by atoms with Gasteiger partial charge >= 0.3 is 0 Å². The summed E-state index contributed by atoms with van der Waals surface area (Å²) in [6.45, 7) is 6.90. The van der Waals surface area contributed by atoms with Crippen molar-refractivity contribution < 1.29 is 4.79 Å². The number of rotatable bonds is 2. The Balaban J connectivity index is 1.92. The average molecular weight is 271 g/mol. The molecule has 4 nitrogen and oxygen atoms in total. The van der Waals surface area contributed by atoms with Crippen LogP contribution in [-0.2, 0) is 4.79 Å². The lowest BCUT2D eigenvalue weighted by Crippen LogP contribution is -2.54. The number of hydrogen-bond donors (Lipinski definition) is 1. The van der Waals surface area contributed by atoms with E-state index in [1.54, 1.807) is 0 Å². The van der Waals surface area contributed by atoms with Crippen molar-refractivity contribution in [1.82, 2.24) is 9.80 Å². The van der Waals surface area contributed by atoms with E-state index >= 15 is 0 Å². The summed E-state index contributed by atoms with van der Waals surface area (Å²) < 4.78 is 0. The zero-order valence-electron chi connectivity index (χ0n) is 11.7. The van der Waals surface area contributed by atoms with Gasteiger partial charge in [-0.2, -0.15) is 0 Å². The normalized spacial score (nSPS) is 25.9. The fourth-order valence-electron chi connectivity index (χ4n) is 2.79. The number of carbonyl (C=O) groups is 1. The quantitative estimate of drug-likeness (QED) is 0.813. The van der Waals surface area contributed by atoms with Crippen LogP contribution in [0.25, 0.3) is 0 Å². The lowest BCUT2D eigenvalue weighted by Gasteiger charge is -2.43. The van der Waals surface area contributed by atoms with Crippen LogP contribution in [0.1, 0.15) is 26.7 Å². The Morgan fingerprint density at radius 3 is 2.33 bits per heavy atom. The Morgan fingerprint density at radius 2 is 1.89 bits per heavy atom. The molecule has 1 spiro atoms. The van der Waals surface area contributed by atoms with Crippen LogP contribution in [0.4, 0.5) is 0 Å². The fraction of sp³-hybridized carbons (Fsp3) is 0.923. The van der Waals surface area contributed by atoms with E-state index in [0.717, 1.165) is 25.9 Å². The average Bonchev–Trinajstić information content (AvgIpc) is 2.70. The van der Waals surface area contributed by atoms with E-state index in [-0.39, 0.29) is 17.9 Å². The van der Waals surface area contributed by atoms with Gasteiger partial charge in [0.1, 0.15) is 0 Å². The SMILES string of the molecule is CC(C)[C@H](N)C(=O)N1CCC2(CC1)SCCN2C. The summed E-state index contributed by atoms with van der Waals surface area (Å²) in [5.41, 5.74) is 5.96. The maximum atomic E-state index is 12.2. The number of carbonyl (C=O) groups excluding carboxylic acids is 1. The number of amides is 1. The molecule has 2 saturated heterocycles. The fourth-order valence-corrected chi connectivity index (χ4v) is 4.31. The van der Waals surface area contributed by atoms with E-state index in [4.69, 9.17) is 5.73 Å². The molecule has 2 heterocycles. The van der Waals surface area contributed by atoms with Gasteiger partial charge in [-0.25, -0.2) is 0 Å². The third-order valence-electron chi connectivity index (χ3n) is 4.35. The molecule has 0 unspecified atom stereocenters. The highest BCUT2D eigenvalue weighted by Crippen LogP contribution is 2.42. The molecule has 0 bridgehead atoms. The molecule has 0 aromatic carbocycles. The zero-order valence-corrected chi connectivity index (χ0v) is 12.5. The van der Waals surface area contributed by atoms with E-state index in [1.165, 1.54) is 12.3 Å². The lowest BCUT2D eigenvalue weighted by molar-refractivity contribution is -0.135. The first-order valence-corrected chi connectivity index (χ1v) is 7.84. The zero-order chi connectivity index (χ0) is 13.3. The van der Waals surface area contributed by atoms with Crippen LogP contribution in [0.2, 0.25) is 0 Å². The molecular weight excluding hydrogens is 246 g/mol. The molecule has 0 aromatic rings. The first-order chi connectivity index (χ1) is 8.46. The molecule has 0 saturated carbocycles. The van der Waals surface area contributed by atoms with E-state index in [2.05, 4.69) is 23.7 Å². The number of hydrogen-bond acceptors (Lipinski definition) is 4. The Kier molecular flexibility index (Phi) is 4.24. The standard InChI is InChI=1S/C13H25N3OS/c1-10(2)11(14)12(17)16-6-4-13(5-7-16)15(3)8-9-18-13/h10-11H,4-9,14H2,1-3H3/t11-/m0/s1. The second kappa shape index (κ2) is 5.39. The lowest BCUT2D eigenvalue weighted by atomic mass is 9.99. The van der Waals surface area contributed by atoms with Gasteiger partial charge in [0, 0.05) is 25.4 Å². The predicted octanol–water partition coefficient (Wildman–Crippen LogP) is 0.967. The summed E-state index contributed by atoms with van der Waals surface area (Å²) in [4.78, 5) is 16.9. The van der Waals surface area contributed by atoms with Crippen LogP contribution in [0, 0.1) is 5.92 Å². The summed E-state index contributed by atoms with van der Waals surface area (Å²) in [6.07, 6.45) is 2.15. The molecular formula is C13H25N3OS. The van der Waals surface area contributed by atoms with Gasteiger partial charge in [0.05, 0.1) is 10.9 Å². The van der Waals surface area contributed by atoms with Crippen molar-refractivity contribution in [2.75, 3.05) is 32.4 Å². The molecule has 2 aliphatic heterocycles. The van der Waals surface area contributed by atoms with Gasteiger partial charge in [0.2, 0.25) is 5.91 Å². The third-order valence-corrected chi connectivity index (χ3v) is 6.00. The number of piperidine rings is 1. The summed E-state index contributed by atoms with van der Waals surface area (Å²) in [7, 11) is 2.21. The van der Waals surface area contributed by atoms with Gasteiger partial charge < -0.3 is 10.6 Å². The highest BCUT2D eigenvalue weighted by molar-refractivity contribution is 8.00. The van der Waals surface area contributed by atoms with Crippen LogP contribution in [0.5, 0.6) is 0 Å². The first-order valence-electron chi connectivity index (χ1n) is 6.86. The van der Waals surface area contributed by atoms with Crippen molar-refractivity contribution >= 4 is 17.7 Å². The van der Waals surface area contributed by atoms with Crippen molar-refractivity contribution in [1.29, 1.82) is 0 Å². The Bertz CT molecular complexity index is 313. The number of nitrogens with zero attached hydrogens (tertiary/aromatic N) is 2. The van der Waals surface area contributed by atoms with Gasteiger partial charge in [0.15, 0.2) is 0 Å². The van der Waals surface area contributed by atoms with Crippen LogP contribution in [-0.4, -0.2) is 59.1 Å². The van der Waals surface area contributed by atoms with Crippen molar-refractivity contribution in [2.24, 2.45) is 11.7 Å². The molecule has 2 aliphatic rings. The molecule has 2 rings (SSSR count). The molecule has 1 amide bonds. The molecule has 2 N–H and O–H groups in total. The molecule has 0 aliphatic carbocycles. The minimum atomic E-state index is -0.340. The Morgan fingerprint density at radius 1 is 1.28 bits per heavy atom. The number of thioether (sulfide) groups is 1. The molecule has 5 heteroatoms. The highest BCUT2D eigenvalue weighted by atomic mass is 32.2. The van der Waals surface area contributed by atoms with Crippen molar-refractivity contribution in [3.63, 3.8) is 0 Å². The largest absolute Gasteiger partial charge is 0.341 e. The van der Waals surface area contributed by atoms with Gasteiger partial charge in [-0.3, -0.25) is 9.69 Å². The van der Waals surface area contributed by atoms with Crippen LogP contribution < -0.4 is 5.73 Å². The summed E-state index contributed by atoms with van der Waals surface area (Å²) in [5.74, 6) is 1.57. The molecule has 1 atom stereocenters. The predicted molar refractivity (Wildman–Crippen MR) is 76.4 cm³/mol. The van der Waals surface area contributed by atoms with Crippen molar-refractivity contribution in [3.8, 4) is 0 Å². The summed E-state index contributed by atoms with van der Waals surface area (Å²) >= 11 is 2.06. The van der Waals surface area contributed by atoms with E-state index < -0.39 is 0 Å². The van der Waals surface area contributed by atoms with Crippen LogP contribution in [0.15, 0.2) is 0 Å². The number of likely N-dealkylation sites (tertiary alicyclic amines) is 1. The Hall–Kier alpha value is -0.260. The van der Waals surface area contributed by atoms with Gasteiger partial charge in [-0.05, 0) is 25.8 Å². The highest BCUT2D eigenvalue weighted by Gasteiger charge is 2.43. The Labute approximate surface area is 114 Å². The van der Waals surface area contributed by atoms with Gasteiger partial charge in [0.25, 0.3) is 0 Å². The van der Waals surface area contributed by atoms with Crippen molar-refractivity contribution in [3.05, 3.63) is 0 Å². The molecule has 2 fully saturated rings. The van der Waals surface area contributed by atoms with E-state index in [9.17, 15) is 4.79 Å². The monoisotopic (exact) mass is 271 g/mol. The third kappa shape index (κ3) is 2.53. The minimum Gasteiger partial charge on any atom is -0.341 e. The molecule has 0 aromatic heterocycles. The van der Waals surface area contributed by atoms with Crippen molar-refractivity contribution in [2.45, 2.75) is 37.6 Å². The van der Waals surface area contributed by atoms with Gasteiger partial charge in [-0.15, -0.1) is 11.8 Å². The minimum absolute atomic E-state index is 0.130. The summed E-state index contributed by atoms with van der Waals surface area (Å²) in [5, 5.41) is 0. The number of nitrogens with two attached hydrogens (primary N) is 1. The second-order valence-electron chi connectivity index (χ2n) is 5.81. The van der Waals surface area contributed by atoms with Crippen LogP contribution >= 0.6 is 11.8 Å². The molecule has 104 valence electrons. The first kappa shape index (κ1) is 14.2. The maximum Gasteiger partial charge on any atom is 0.239 e. The van der Waals surface area contributed by atoms with E-state index in [0.29, 0.717) is 4.87 Å². The molecule has 0 radical (unpaired) electrons. The molecule has 18 heavy (non-hydrogen) atoms. The van der Waals surface area contributed by atoms with E-state index in [1.807, 2.05) is 18.7 Å². The van der Waals surface area contributed by atoms with Crippen LogP contribution in [0.3, 0.4) is 0 Å². The maximum absolute atomic E-state index is 12.2. The smallest absolute Gasteiger partial charge is 0.239 e. The van der Waals surface area contributed by atoms with Gasteiger partial charge in [-0.1, -0.05) is 13.8 Å². The summed E-state index contributed by atoms with van der Waals surface area (Å²) in [6, 6.07) is -0.340. The second-order valence-corrected chi connectivity index (χ2v) is 7.27. The topological polar surface area (TPSA) is 49.6 Å².